The van der Waals surface area contributed by atoms with Gasteiger partial charge in [-0.2, -0.15) is 0 Å². The highest BCUT2D eigenvalue weighted by Crippen LogP contribution is 2.45. The minimum Gasteiger partial charge on any atom is -0.462 e. The third-order valence-electron chi connectivity index (χ3n) is 17.5. The number of hydrogen-bond donors (Lipinski definition) is 3. The third kappa shape index (κ3) is 73.1. The lowest BCUT2D eigenvalue weighted by Crippen LogP contribution is -2.30. The summed E-state index contributed by atoms with van der Waals surface area (Å²) in [5, 5.41) is 10.6. The van der Waals surface area contributed by atoms with E-state index in [2.05, 4.69) is 76.3 Å². The average Bonchev–Trinajstić information content (AvgIpc) is 1.06. The van der Waals surface area contributed by atoms with Crippen molar-refractivity contribution in [2.75, 3.05) is 39.6 Å². The topological polar surface area (TPSA) is 237 Å². The van der Waals surface area contributed by atoms with Gasteiger partial charge in [-0.1, -0.05) is 320 Å². The summed E-state index contributed by atoms with van der Waals surface area (Å²) in [6, 6.07) is 0. The van der Waals surface area contributed by atoms with Gasteiger partial charge in [0.1, 0.15) is 19.3 Å². The van der Waals surface area contributed by atoms with Gasteiger partial charge < -0.3 is 33.8 Å². The van der Waals surface area contributed by atoms with Crippen LogP contribution in [0.1, 0.15) is 374 Å². The Kier molecular flexibility index (Phi) is 71.6. The first-order chi connectivity index (χ1) is 48.7. The second-order valence-corrected chi connectivity index (χ2v) is 30.3. The van der Waals surface area contributed by atoms with Crippen molar-refractivity contribution in [2.45, 2.75) is 393 Å². The van der Waals surface area contributed by atoms with E-state index in [1.54, 1.807) is 0 Å². The predicted octanol–water partition coefficient (Wildman–Crippen LogP) is 23.5. The molecule has 17 nitrogen and oxygen atoms in total. The molecule has 0 aromatic carbocycles. The highest BCUT2D eigenvalue weighted by atomic mass is 31.2. The van der Waals surface area contributed by atoms with Gasteiger partial charge in [0, 0.05) is 25.7 Å². The molecular formula is C81H148O17P2. The molecule has 0 aliphatic heterocycles. The summed E-state index contributed by atoms with van der Waals surface area (Å²) in [5.41, 5.74) is 0. The van der Waals surface area contributed by atoms with Crippen LogP contribution in [-0.2, 0) is 65.4 Å². The van der Waals surface area contributed by atoms with Crippen LogP contribution >= 0.6 is 15.6 Å². The van der Waals surface area contributed by atoms with Gasteiger partial charge >= 0.3 is 39.5 Å². The molecule has 0 fully saturated rings. The standard InChI is InChI=1S/C81H148O17P2/c1-5-9-13-17-21-25-29-33-36-37-40-43-46-50-54-58-62-66-79(84)92-72-77(98-81(86)68-64-60-56-52-48-44-39-35-31-27-23-19-15-11-7-3)74-96-100(89,90)94-70-75(82)69-93-99(87,88)95-73-76(97-80(85)67-63-59-55-51-47-41-32-28-24-20-16-12-8-4)71-91-78(83)65-61-57-53-49-45-42-38-34-30-26-22-18-14-10-6-2/h21,25,33-34,36,38,40,43,50,54,75-77,82H,5-20,22-24,26-32,35,37,39,41-42,44-49,51-53,55-74H2,1-4H3,(H,87,88)(H,89,90)/b25-21-,36-33-,38-34-,43-40-,54-50-/t75-,76-,77-/m1/s1. The van der Waals surface area contributed by atoms with Crippen LogP contribution in [0.15, 0.2) is 60.8 Å². The molecule has 0 aromatic heterocycles. The van der Waals surface area contributed by atoms with Crippen molar-refractivity contribution >= 4 is 39.5 Å². The fourth-order valence-electron chi connectivity index (χ4n) is 11.3. The number of carbonyl (C=O) groups is 4. The molecule has 19 heteroatoms. The molecule has 100 heavy (non-hydrogen) atoms. The lowest BCUT2D eigenvalue weighted by molar-refractivity contribution is -0.161. The number of phosphoric acid groups is 2. The number of unbranched alkanes of at least 4 members (excludes halogenated alkanes) is 41. The van der Waals surface area contributed by atoms with Gasteiger partial charge in [-0.15, -0.1) is 0 Å². The van der Waals surface area contributed by atoms with Gasteiger partial charge in [-0.05, 0) is 89.9 Å². The average molecular weight is 1460 g/mol. The molecule has 5 atom stereocenters. The van der Waals surface area contributed by atoms with Crippen molar-refractivity contribution in [3.8, 4) is 0 Å². The van der Waals surface area contributed by atoms with E-state index in [1.807, 2.05) is 12.2 Å². The SMILES string of the molecule is CCCCC/C=C\C/C=C\C/C=C\C/C=C\CCCC(=O)OC[C@H](COP(=O)(O)OC[C@H](O)COP(=O)(O)OC[C@@H](COC(=O)CCCCCCC/C=C\CCCCCCCC)OC(=O)CCCCCCCCCCCCCCC)OC(=O)CCCCCCCCCCCCCCCCC. The van der Waals surface area contributed by atoms with Gasteiger partial charge in [0.05, 0.1) is 26.4 Å². The zero-order valence-electron chi connectivity index (χ0n) is 63.9. The Hall–Kier alpha value is -3.24. The van der Waals surface area contributed by atoms with Crippen LogP contribution in [-0.4, -0.2) is 96.7 Å². The molecule has 0 aliphatic rings. The van der Waals surface area contributed by atoms with E-state index in [9.17, 15) is 43.2 Å². The number of phosphoric ester groups is 2. The van der Waals surface area contributed by atoms with Gasteiger partial charge in [0.25, 0.3) is 0 Å². The minimum absolute atomic E-state index is 0.0900. The molecule has 0 bridgehead atoms. The molecule has 0 amide bonds. The molecule has 0 saturated heterocycles. The van der Waals surface area contributed by atoms with E-state index in [4.69, 9.17) is 37.0 Å². The molecule has 0 rings (SSSR count). The number of carbonyl (C=O) groups excluding carboxylic acids is 4. The Morgan fingerprint density at radius 3 is 0.820 bits per heavy atom. The first-order valence-electron chi connectivity index (χ1n) is 40.5. The second kappa shape index (κ2) is 74.0. The molecule has 0 radical (unpaired) electrons. The summed E-state index contributed by atoms with van der Waals surface area (Å²) in [6.45, 7) is 4.85. The van der Waals surface area contributed by atoms with Crippen LogP contribution < -0.4 is 0 Å². The Morgan fingerprint density at radius 2 is 0.500 bits per heavy atom. The van der Waals surface area contributed by atoms with Crippen molar-refractivity contribution in [1.29, 1.82) is 0 Å². The van der Waals surface area contributed by atoms with Crippen LogP contribution in [0.5, 0.6) is 0 Å². The predicted molar refractivity (Wildman–Crippen MR) is 409 cm³/mol. The number of rotatable bonds is 77. The largest absolute Gasteiger partial charge is 0.472 e. The zero-order chi connectivity index (χ0) is 73.2. The Balaban J connectivity index is 5.36. The first-order valence-corrected chi connectivity index (χ1v) is 43.5. The number of esters is 4. The highest BCUT2D eigenvalue weighted by molar-refractivity contribution is 7.47. The molecule has 2 unspecified atom stereocenters. The monoisotopic (exact) mass is 1460 g/mol. The van der Waals surface area contributed by atoms with Crippen molar-refractivity contribution in [1.82, 2.24) is 0 Å². The zero-order valence-corrected chi connectivity index (χ0v) is 65.7. The van der Waals surface area contributed by atoms with Crippen molar-refractivity contribution < 1.29 is 80.2 Å². The molecule has 0 spiro atoms. The summed E-state index contributed by atoms with van der Waals surface area (Å²) >= 11 is 0. The number of aliphatic hydroxyl groups is 1. The lowest BCUT2D eigenvalue weighted by Gasteiger charge is -2.21. The summed E-state index contributed by atoms with van der Waals surface area (Å²) in [4.78, 5) is 73.0. The van der Waals surface area contributed by atoms with E-state index in [-0.39, 0.29) is 25.7 Å². The number of allylic oxidation sites excluding steroid dienone is 10. The Bertz CT molecular complexity index is 2130. The Labute approximate surface area is 610 Å². The van der Waals surface area contributed by atoms with Crippen LogP contribution in [0.3, 0.4) is 0 Å². The van der Waals surface area contributed by atoms with E-state index in [0.29, 0.717) is 32.1 Å². The molecule has 3 N–H and O–H groups in total. The summed E-state index contributed by atoms with van der Waals surface area (Å²) < 4.78 is 68.6. The van der Waals surface area contributed by atoms with Crippen molar-refractivity contribution in [2.24, 2.45) is 0 Å². The second-order valence-electron chi connectivity index (χ2n) is 27.4. The first kappa shape index (κ1) is 96.8. The molecule has 0 aliphatic carbocycles. The van der Waals surface area contributed by atoms with Gasteiger partial charge in [-0.3, -0.25) is 37.3 Å². The maximum absolute atomic E-state index is 13.1. The molecule has 0 aromatic rings. The molecule has 0 saturated carbocycles. The highest BCUT2D eigenvalue weighted by Gasteiger charge is 2.30. The summed E-state index contributed by atoms with van der Waals surface area (Å²) in [5.74, 6) is -2.21. The van der Waals surface area contributed by atoms with Crippen molar-refractivity contribution in [3.63, 3.8) is 0 Å². The number of aliphatic hydroxyl groups excluding tert-OH is 1. The maximum atomic E-state index is 13.1. The van der Waals surface area contributed by atoms with Gasteiger partial charge in [-0.25, -0.2) is 9.13 Å². The number of hydrogen-bond acceptors (Lipinski definition) is 15. The number of ether oxygens (including phenoxy) is 4. The molecular weight excluding hydrogens is 1310 g/mol. The van der Waals surface area contributed by atoms with Crippen LogP contribution in [0.2, 0.25) is 0 Å². The quantitative estimate of drug-likeness (QED) is 0.0169. The van der Waals surface area contributed by atoms with Crippen LogP contribution in [0, 0.1) is 0 Å². The minimum atomic E-state index is -4.98. The summed E-state index contributed by atoms with van der Waals surface area (Å²) in [6.07, 6.45) is 73.4. The third-order valence-corrected chi connectivity index (χ3v) is 19.4. The molecule has 584 valence electrons. The summed E-state index contributed by atoms with van der Waals surface area (Å²) in [7, 11) is -9.95. The van der Waals surface area contributed by atoms with E-state index in [0.717, 1.165) is 116 Å². The van der Waals surface area contributed by atoms with Crippen molar-refractivity contribution in [3.05, 3.63) is 60.8 Å². The fraction of sp³-hybridized carbons (Fsp3) is 0.827. The normalized spacial score (nSPS) is 14.2. The van der Waals surface area contributed by atoms with Gasteiger partial charge in [0.15, 0.2) is 12.2 Å². The fourth-order valence-corrected chi connectivity index (χ4v) is 12.8. The van der Waals surface area contributed by atoms with E-state index in [1.165, 1.54) is 173 Å². The maximum Gasteiger partial charge on any atom is 0.472 e. The molecule has 0 heterocycles. The van der Waals surface area contributed by atoms with Gasteiger partial charge in [0.2, 0.25) is 0 Å². The van der Waals surface area contributed by atoms with Crippen LogP contribution in [0.4, 0.5) is 0 Å². The van der Waals surface area contributed by atoms with E-state index < -0.39 is 97.5 Å². The smallest absolute Gasteiger partial charge is 0.462 e. The Morgan fingerprint density at radius 1 is 0.280 bits per heavy atom. The van der Waals surface area contributed by atoms with Crippen LogP contribution in [0.25, 0.3) is 0 Å². The lowest BCUT2D eigenvalue weighted by atomic mass is 10.0. The van der Waals surface area contributed by atoms with E-state index >= 15 is 0 Å².